The zero-order valence-electron chi connectivity index (χ0n) is 12.4. The Hall–Kier alpha value is -1.94. The number of nitrogens with one attached hydrogen (secondary N) is 1. The minimum Gasteiger partial charge on any atom is -0.340 e. The van der Waals surface area contributed by atoms with Crippen LogP contribution in [0.3, 0.4) is 0 Å². The summed E-state index contributed by atoms with van der Waals surface area (Å²) in [6.45, 7) is 5.87. The molecule has 0 saturated heterocycles. The Kier molecular flexibility index (Phi) is 5.07. The van der Waals surface area contributed by atoms with Crippen LogP contribution in [-0.2, 0) is 13.1 Å². The minimum absolute atomic E-state index is 0.468. The van der Waals surface area contributed by atoms with Gasteiger partial charge in [-0.3, -0.25) is 0 Å². The van der Waals surface area contributed by atoms with Crippen molar-refractivity contribution in [3.8, 4) is 0 Å². The maximum atomic E-state index is 4.43. The van der Waals surface area contributed by atoms with Gasteiger partial charge in [0.25, 0.3) is 0 Å². The van der Waals surface area contributed by atoms with Crippen molar-refractivity contribution in [2.75, 3.05) is 11.9 Å². The number of hydrogen-bond acceptors (Lipinski definition) is 4. The molecule has 0 amide bonds. The van der Waals surface area contributed by atoms with E-state index in [4.69, 9.17) is 0 Å². The third kappa shape index (κ3) is 4.31. The van der Waals surface area contributed by atoms with E-state index in [1.54, 1.807) is 0 Å². The summed E-state index contributed by atoms with van der Waals surface area (Å²) in [5.41, 5.74) is 2.36. The van der Waals surface area contributed by atoms with Gasteiger partial charge in [-0.25, -0.2) is 9.97 Å². The monoisotopic (exact) mass is 270 g/mol. The van der Waals surface area contributed by atoms with E-state index in [9.17, 15) is 0 Å². The Bertz CT molecular complexity index is 508. The van der Waals surface area contributed by atoms with E-state index in [-0.39, 0.29) is 0 Å². The van der Waals surface area contributed by atoms with Gasteiger partial charge >= 0.3 is 0 Å². The molecule has 0 aliphatic carbocycles. The highest BCUT2D eigenvalue weighted by atomic mass is 15.2. The first-order chi connectivity index (χ1) is 9.65. The molecule has 0 unspecified atom stereocenters. The molecule has 20 heavy (non-hydrogen) atoms. The lowest BCUT2D eigenvalue weighted by atomic mass is 10.2. The van der Waals surface area contributed by atoms with Crippen molar-refractivity contribution < 1.29 is 0 Å². The van der Waals surface area contributed by atoms with Crippen LogP contribution >= 0.6 is 0 Å². The van der Waals surface area contributed by atoms with Crippen LogP contribution in [0.4, 0.5) is 5.95 Å². The van der Waals surface area contributed by atoms with Crippen LogP contribution in [0.15, 0.2) is 42.7 Å². The molecule has 4 nitrogen and oxygen atoms in total. The molecule has 2 aromatic rings. The summed E-state index contributed by atoms with van der Waals surface area (Å²) < 4.78 is 0. The smallest absolute Gasteiger partial charge is 0.225 e. The molecule has 0 atom stereocenters. The fourth-order valence-corrected chi connectivity index (χ4v) is 1.89. The van der Waals surface area contributed by atoms with E-state index in [0.717, 1.165) is 24.6 Å². The van der Waals surface area contributed by atoms with Crippen molar-refractivity contribution in [1.29, 1.82) is 0 Å². The lowest BCUT2D eigenvalue weighted by molar-refractivity contribution is 0.586. The first-order valence-electron chi connectivity index (χ1n) is 6.94. The molecule has 0 fully saturated rings. The maximum Gasteiger partial charge on any atom is 0.225 e. The Balaban J connectivity index is 1.95. The lowest BCUT2D eigenvalue weighted by Gasteiger charge is -2.17. The van der Waals surface area contributed by atoms with Crippen molar-refractivity contribution in [2.45, 2.75) is 33.0 Å². The second-order valence-electron chi connectivity index (χ2n) is 5.27. The first-order valence-corrected chi connectivity index (χ1v) is 6.94. The van der Waals surface area contributed by atoms with Crippen LogP contribution in [0.5, 0.6) is 0 Å². The van der Waals surface area contributed by atoms with E-state index in [1.165, 1.54) is 5.56 Å². The number of nitrogens with zero attached hydrogens (tertiary/aromatic N) is 3. The highest BCUT2D eigenvalue weighted by Gasteiger charge is 2.05. The molecule has 2 rings (SSSR count). The van der Waals surface area contributed by atoms with Gasteiger partial charge in [-0.15, -0.1) is 0 Å². The SMILES string of the molecule is CC(C)NCc1cnc(N(C)Cc2ccccc2)nc1. The number of anilines is 1. The second kappa shape index (κ2) is 7.01. The van der Waals surface area contributed by atoms with Crippen molar-refractivity contribution in [3.63, 3.8) is 0 Å². The van der Waals surface area contributed by atoms with Crippen LogP contribution in [-0.4, -0.2) is 23.1 Å². The molecule has 1 aromatic heterocycles. The van der Waals surface area contributed by atoms with Crippen LogP contribution in [0.2, 0.25) is 0 Å². The van der Waals surface area contributed by atoms with E-state index in [0.29, 0.717) is 6.04 Å². The molecule has 1 N–H and O–H groups in total. The molecule has 0 bridgehead atoms. The van der Waals surface area contributed by atoms with Gasteiger partial charge < -0.3 is 10.2 Å². The molecule has 0 aliphatic rings. The maximum absolute atomic E-state index is 4.43. The Morgan fingerprint density at radius 3 is 2.30 bits per heavy atom. The average molecular weight is 270 g/mol. The van der Waals surface area contributed by atoms with Crippen LogP contribution < -0.4 is 10.2 Å². The molecule has 1 aromatic carbocycles. The van der Waals surface area contributed by atoms with Gasteiger partial charge in [-0.05, 0) is 5.56 Å². The van der Waals surface area contributed by atoms with Crippen LogP contribution in [0.25, 0.3) is 0 Å². The van der Waals surface area contributed by atoms with Gasteiger partial charge in [0.1, 0.15) is 0 Å². The van der Waals surface area contributed by atoms with Crippen molar-refractivity contribution in [1.82, 2.24) is 15.3 Å². The van der Waals surface area contributed by atoms with E-state index < -0.39 is 0 Å². The minimum atomic E-state index is 0.468. The number of benzene rings is 1. The summed E-state index contributed by atoms with van der Waals surface area (Å²) >= 11 is 0. The van der Waals surface area contributed by atoms with E-state index in [1.807, 2.05) is 37.6 Å². The topological polar surface area (TPSA) is 41.1 Å². The van der Waals surface area contributed by atoms with Gasteiger partial charge in [-0.1, -0.05) is 44.2 Å². The summed E-state index contributed by atoms with van der Waals surface area (Å²) in [6.07, 6.45) is 3.78. The van der Waals surface area contributed by atoms with Gasteiger partial charge in [-0.2, -0.15) is 0 Å². The first kappa shape index (κ1) is 14.5. The predicted octanol–water partition coefficient (Wildman–Crippen LogP) is 2.61. The van der Waals surface area contributed by atoms with E-state index >= 15 is 0 Å². The van der Waals surface area contributed by atoms with Gasteiger partial charge in [0.05, 0.1) is 0 Å². The normalized spacial score (nSPS) is 10.8. The second-order valence-corrected chi connectivity index (χ2v) is 5.27. The fraction of sp³-hybridized carbons (Fsp3) is 0.375. The molecule has 1 heterocycles. The molecular weight excluding hydrogens is 248 g/mol. The molecule has 0 aliphatic heterocycles. The average Bonchev–Trinajstić information content (AvgIpc) is 2.46. The lowest BCUT2D eigenvalue weighted by Crippen LogP contribution is -2.23. The zero-order valence-corrected chi connectivity index (χ0v) is 12.4. The summed E-state index contributed by atoms with van der Waals surface area (Å²) in [5.74, 6) is 0.752. The van der Waals surface area contributed by atoms with Gasteiger partial charge in [0.2, 0.25) is 5.95 Å². The number of rotatable bonds is 6. The molecule has 0 saturated carbocycles. The van der Waals surface area contributed by atoms with Crippen molar-refractivity contribution in [2.24, 2.45) is 0 Å². The predicted molar refractivity (Wildman–Crippen MR) is 82.6 cm³/mol. The largest absolute Gasteiger partial charge is 0.340 e. The Morgan fingerprint density at radius 2 is 1.70 bits per heavy atom. The van der Waals surface area contributed by atoms with E-state index in [2.05, 4.69) is 46.2 Å². The summed E-state index contributed by atoms with van der Waals surface area (Å²) in [4.78, 5) is 10.9. The molecule has 0 radical (unpaired) electrons. The quantitative estimate of drug-likeness (QED) is 0.876. The molecule has 106 valence electrons. The number of hydrogen-bond donors (Lipinski definition) is 1. The van der Waals surface area contributed by atoms with Crippen molar-refractivity contribution >= 4 is 5.95 Å². The van der Waals surface area contributed by atoms with Crippen molar-refractivity contribution in [3.05, 3.63) is 53.9 Å². The highest BCUT2D eigenvalue weighted by molar-refractivity contribution is 5.31. The number of aromatic nitrogens is 2. The van der Waals surface area contributed by atoms with Crippen LogP contribution in [0, 0.1) is 0 Å². The summed E-state index contributed by atoms with van der Waals surface area (Å²) in [5, 5.41) is 3.36. The zero-order chi connectivity index (χ0) is 14.4. The molecule has 4 heteroatoms. The molecule has 0 spiro atoms. The Labute approximate surface area is 120 Å². The summed E-state index contributed by atoms with van der Waals surface area (Å²) in [6, 6.07) is 10.8. The van der Waals surface area contributed by atoms with Gasteiger partial charge in [0.15, 0.2) is 0 Å². The fourth-order valence-electron chi connectivity index (χ4n) is 1.89. The molecular formula is C16H22N4. The third-order valence-corrected chi connectivity index (χ3v) is 3.01. The summed E-state index contributed by atoms with van der Waals surface area (Å²) in [7, 11) is 2.01. The van der Waals surface area contributed by atoms with Gasteiger partial charge in [0, 0.05) is 44.1 Å². The third-order valence-electron chi connectivity index (χ3n) is 3.01. The standard InChI is InChI=1S/C16H22N4/c1-13(2)17-9-15-10-18-16(19-11-15)20(3)12-14-7-5-4-6-8-14/h4-8,10-11,13,17H,9,12H2,1-3H3. The highest BCUT2D eigenvalue weighted by Crippen LogP contribution is 2.10. The van der Waals surface area contributed by atoms with Crippen LogP contribution in [0.1, 0.15) is 25.0 Å². The Morgan fingerprint density at radius 1 is 1.05 bits per heavy atom.